The largest absolute Gasteiger partial charge is 0.457 e. The van der Waals surface area contributed by atoms with Crippen LogP contribution in [0.2, 0.25) is 0 Å². The highest BCUT2D eigenvalue weighted by atomic mass is 16.5. The first kappa shape index (κ1) is 36.7. The third kappa shape index (κ3) is 6.00. The lowest BCUT2D eigenvalue weighted by Gasteiger charge is -2.41. The Morgan fingerprint density at radius 1 is 0.373 bits per heavy atom. The fraction of sp³-hybridized carbons (Fsp3) is 0.158. The van der Waals surface area contributed by atoms with Crippen LogP contribution in [0.1, 0.15) is 74.9 Å². The van der Waals surface area contributed by atoms with Gasteiger partial charge in [0.1, 0.15) is 11.5 Å². The van der Waals surface area contributed by atoms with E-state index in [2.05, 4.69) is 234 Å². The summed E-state index contributed by atoms with van der Waals surface area (Å²) in [5.74, 6) is 1.78. The van der Waals surface area contributed by atoms with Crippen LogP contribution in [-0.2, 0) is 16.2 Å². The molecule has 8 aromatic rings. The maximum atomic E-state index is 6.97. The summed E-state index contributed by atoms with van der Waals surface area (Å²) in [6.07, 6.45) is 0. The zero-order chi connectivity index (χ0) is 40.5. The summed E-state index contributed by atoms with van der Waals surface area (Å²) in [5, 5.41) is 0. The van der Waals surface area contributed by atoms with Gasteiger partial charge in [-0.15, -0.1) is 0 Å². The summed E-state index contributed by atoms with van der Waals surface area (Å²) in [7, 11) is 0. The molecule has 0 bridgehead atoms. The molecule has 0 radical (unpaired) electrons. The fourth-order valence-corrected chi connectivity index (χ4v) is 9.40. The normalized spacial score (nSPS) is 13.5. The molecule has 0 aromatic heterocycles. The van der Waals surface area contributed by atoms with Gasteiger partial charge in [-0.2, -0.15) is 0 Å². The molecule has 0 saturated carbocycles. The molecule has 2 aliphatic rings. The first-order valence-corrected chi connectivity index (χ1v) is 20.8. The first-order valence-electron chi connectivity index (χ1n) is 20.8. The number of nitrogens with zero attached hydrogens (tertiary/aromatic N) is 1. The number of ether oxygens (including phenoxy) is 1. The van der Waals surface area contributed by atoms with Crippen LogP contribution in [0.15, 0.2) is 188 Å². The molecule has 288 valence electrons. The van der Waals surface area contributed by atoms with Crippen LogP contribution in [0.3, 0.4) is 0 Å². The van der Waals surface area contributed by atoms with Crippen LogP contribution in [0.5, 0.6) is 11.5 Å². The van der Waals surface area contributed by atoms with Crippen LogP contribution < -0.4 is 9.64 Å². The topological polar surface area (TPSA) is 12.5 Å². The highest BCUT2D eigenvalue weighted by molar-refractivity contribution is 5.92. The smallest absolute Gasteiger partial charge is 0.132 e. The lowest BCUT2D eigenvalue weighted by atomic mass is 9.65. The number of benzene rings is 8. The van der Waals surface area contributed by atoms with Gasteiger partial charge >= 0.3 is 0 Å². The van der Waals surface area contributed by atoms with Crippen molar-refractivity contribution >= 4 is 17.1 Å². The van der Waals surface area contributed by atoms with Gasteiger partial charge in [0.25, 0.3) is 0 Å². The molecule has 1 spiro atoms. The molecule has 0 N–H and O–H groups in total. The van der Waals surface area contributed by atoms with Crippen molar-refractivity contribution in [1.82, 2.24) is 0 Å². The quantitative estimate of drug-likeness (QED) is 0.173. The van der Waals surface area contributed by atoms with Crippen molar-refractivity contribution in [1.29, 1.82) is 0 Å². The third-order valence-electron chi connectivity index (χ3n) is 12.5. The molecule has 1 aliphatic heterocycles. The minimum absolute atomic E-state index is 0.0409. The van der Waals surface area contributed by atoms with Gasteiger partial charge in [-0.25, -0.2) is 0 Å². The highest BCUT2D eigenvalue weighted by Gasteiger charge is 2.52. The molecule has 10 rings (SSSR count). The van der Waals surface area contributed by atoms with Crippen molar-refractivity contribution in [2.24, 2.45) is 0 Å². The van der Waals surface area contributed by atoms with E-state index in [0.717, 1.165) is 39.7 Å². The minimum atomic E-state index is -0.630. The number of hydrogen-bond acceptors (Lipinski definition) is 2. The standard InChI is InChI=1S/C57H49NO/c1-55(2,3)41-27-32-46-47-33-28-42(56(4,5)6)36-50(47)57(49(46)35-41)48-22-14-16-24-53(48)59-54-34-31-44(37-51(54)57)58(43-29-25-39(26-30-43)38-17-9-7-10-18-38)52-23-15-13-21-45(52)40-19-11-8-12-20-40/h7-37H,1-6H3. The Balaban J connectivity index is 1.27. The Labute approximate surface area is 349 Å². The van der Waals surface area contributed by atoms with Crippen LogP contribution in [-0.4, -0.2) is 0 Å². The predicted octanol–water partition coefficient (Wildman–Crippen LogP) is 15.6. The number of anilines is 3. The van der Waals surface area contributed by atoms with Gasteiger partial charge in [0.2, 0.25) is 0 Å². The average molecular weight is 764 g/mol. The minimum Gasteiger partial charge on any atom is -0.457 e. The number of para-hydroxylation sites is 2. The summed E-state index contributed by atoms with van der Waals surface area (Å²) in [4.78, 5) is 2.43. The Kier molecular flexibility index (Phi) is 8.54. The van der Waals surface area contributed by atoms with Gasteiger partial charge in [0.05, 0.1) is 11.1 Å². The van der Waals surface area contributed by atoms with Crippen molar-refractivity contribution in [3.8, 4) is 44.9 Å². The van der Waals surface area contributed by atoms with Gasteiger partial charge in [-0.05, 0) is 103 Å². The molecule has 2 nitrogen and oxygen atoms in total. The first-order chi connectivity index (χ1) is 28.5. The zero-order valence-corrected chi connectivity index (χ0v) is 34.8. The van der Waals surface area contributed by atoms with Crippen molar-refractivity contribution < 1.29 is 4.74 Å². The van der Waals surface area contributed by atoms with Gasteiger partial charge in [-0.3, -0.25) is 0 Å². The summed E-state index contributed by atoms with van der Waals surface area (Å²) in [5.41, 5.74) is 17.4. The zero-order valence-electron chi connectivity index (χ0n) is 34.8. The molecular formula is C57H49NO. The van der Waals surface area contributed by atoms with Crippen LogP contribution in [0.4, 0.5) is 17.1 Å². The second kappa shape index (κ2) is 13.7. The van der Waals surface area contributed by atoms with E-state index in [9.17, 15) is 0 Å². The van der Waals surface area contributed by atoms with E-state index in [4.69, 9.17) is 4.74 Å². The van der Waals surface area contributed by atoms with Crippen LogP contribution in [0.25, 0.3) is 33.4 Å². The Morgan fingerprint density at radius 2 is 0.881 bits per heavy atom. The van der Waals surface area contributed by atoms with Crippen molar-refractivity contribution in [3.05, 3.63) is 221 Å². The van der Waals surface area contributed by atoms with Gasteiger partial charge in [0, 0.05) is 28.1 Å². The molecule has 1 heterocycles. The molecule has 8 aromatic carbocycles. The van der Waals surface area contributed by atoms with Crippen molar-refractivity contribution in [3.63, 3.8) is 0 Å². The van der Waals surface area contributed by atoms with Gasteiger partial charge in [0.15, 0.2) is 0 Å². The third-order valence-corrected chi connectivity index (χ3v) is 12.5. The molecule has 0 fully saturated rings. The van der Waals surface area contributed by atoms with E-state index in [1.54, 1.807) is 0 Å². The molecule has 0 amide bonds. The van der Waals surface area contributed by atoms with Gasteiger partial charge < -0.3 is 9.64 Å². The molecule has 2 heteroatoms. The lowest BCUT2D eigenvalue weighted by Crippen LogP contribution is -2.33. The SMILES string of the molecule is CC(C)(C)c1ccc2c(c1)C1(c3ccccc3Oc3ccc(N(c4ccc(-c5ccccc5)cc4)c4ccccc4-c4ccccc4)cc31)c1cc(C(C)(C)C)ccc1-2. The summed E-state index contributed by atoms with van der Waals surface area (Å²) < 4.78 is 6.97. The number of hydrogen-bond donors (Lipinski definition) is 0. The molecule has 0 atom stereocenters. The molecule has 59 heavy (non-hydrogen) atoms. The van der Waals surface area contributed by atoms with E-state index in [0.29, 0.717) is 0 Å². The average Bonchev–Trinajstić information content (AvgIpc) is 3.54. The van der Waals surface area contributed by atoms with E-state index in [1.165, 1.54) is 55.6 Å². The van der Waals surface area contributed by atoms with Gasteiger partial charge in [-0.1, -0.05) is 187 Å². The highest BCUT2D eigenvalue weighted by Crippen LogP contribution is 2.63. The summed E-state index contributed by atoms with van der Waals surface area (Å²) in [6.45, 7) is 13.9. The second-order valence-corrected chi connectivity index (χ2v) is 18.2. The predicted molar refractivity (Wildman–Crippen MR) is 247 cm³/mol. The Morgan fingerprint density at radius 3 is 1.51 bits per heavy atom. The van der Waals surface area contributed by atoms with Crippen molar-refractivity contribution in [2.45, 2.75) is 57.8 Å². The lowest BCUT2D eigenvalue weighted by molar-refractivity contribution is 0.436. The Bertz CT molecular complexity index is 2790. The number of fused-ring (bicyclic) bond motifs is 9. The Hall–Kier alpha value is -6.64. The fourth-order valence-electron chi connectivity index (χ4n) is 9.40. The van der Waals surface area contributed by atoms with E-state index >= 15 is 0 Å². The molecule has 0 saturated heterocycles. The molecular weight excluding hydrogens is 715 g/mol. The van der Waals surface area contributed by atoms with E-state index in [-0.39, 0.29) is 10.8 Å². The maximum Gasteiger partial charge on any atom is 0.132 e. The van der Waals surface area contributed by atoms with Crippen molar-refractivity contribution in [2.75, 3.05) is 4.90 Å². The summed E-state index contributed by atoms with van der Waals surface area (Å²) in [6, 6.07) is 69.1. The maximum absolute atomic E-state index is 6.97. The summed E-state index contributed by atoms with van der Waals surface area (Å²) >= 11 is 0. The molecule has 0 unspecified atom stereocenters. The van der Waals surface area contributed by atoms with Crippen LogP contribution >= 0.6 is 0 Å². The second-order valence-electron chi connectivity index (χ2n) is 18.2. The van der Waals surface area contributed by atoms with E-state index in [1.807, 2.05) is 0 Å². The molecule has 1 aliphatic carbocycles. The van der Waals surface area contributed by atoms with E-state index < -0.39 is 5.41 Å². The van der Waals surface area contributed by atoms with Crippen LogP contribution in [0, 0.1) is 0 Å². The monoisotopic (exact) mass is 763 g/mol. The number of rotatable bonds is 5.